The molecule has 0 aromatic carbocycles. The van der Waals surface area contributed by atoms with Crippen LogP contribution in [0.15, 0.2) is 12.3 Å². The van der Waals surface area contributed by atoms with E-state index in [1.165, 1.54) is 6.20 Å². The van der Waals surface area contributed by atoms with E-state index in [0.29, 0.717) is 35.6 Å². The average Bonchev–Trinajstić information content (AvgIpc) is 2.46. The minimum atomic E-state index is -0.444. The first-order valence-electron chi connectivity index (χ1n) is 6.20. The minimum Gasteiger partial charge on any atom is -0.475 e. The molecule has 110 valence electrons. The maximum absolute atomic E-state index is 11.7. The molecule has 1 atom stereocenters. The van der Waals surface area contributed by atoms with E-state index in [4.69, 9.17) is 32.7 Å². The first-order valence-corrected chi connectivity index (χ1v) is 6.96. The molecule has 0 aliphatic carbocycles. The molecule has 1 aliphatic heterocycles. The van der Waals surface area contributed by atoms with Gasteiger partial charge in [0, 0.05) is 19.3 Å². The summed E-state index contributed by atoms with van der Waals surface area (Å²) in [5, 5.41) is 6.59. The number of carbonyl (C=O) groups is 1. The number of rotatable bonds is 5. The summed E-state index contributed by atoms with van der Waals surface area (Å²) >= 11 is 11.6. The molecule has 0 spiro atoms. The average molecular weight is 320 g/mol. The van der Waals surface area contributed by atoms with Crippen molar-refractivity contribution in [3.63, 3.8) is 0 Å². The molecule has 1 aliphatic rings. The Morgan fingerprint density at radius 2 is 2.45 bits per heavy atom. The third-order valence-electron chi connectivity index (χ3n) is 2.63. The molecule has 1 aromatic rings. The van der Waals surface area contributed by atoms with Gasteiger partial charge in [-0.3, -0.25) is 4.79 Å². The van der Waals surface area contributed by atoms with E-state index in [2.05, 4.69) is 15.6 Å². The van der Waals surface area contributed by atoms with Gasteiger partial charge in [-0.25, -0.2) is 4.98 Å². The molecule has 0 radical (unpaired) electrons. The highest BCUT2D eigenvalue weighted by Crippen LogP contribution is 2.24. The van der Waals surface area contributed by atoms with Gasteiger partial charge in [0.2, 0.25) is 5.88 Å². The summed E-state index contributed by atoms with van der Waals surface area (Å²) < 4.78 is 10.7. The standard InChI is InChI=1S/C12H15Cl2N3O3/c13-8-5-9(14)12(17-6-8)20-4-2-16-11(18)10-7-15-1-3-19-10/h5-6,10,15H,1-4,7H2,(H,16,18)/t10-/m1/s1. The number of morpholine rings is 1. The molecule has 1 amide bonds. The molecule has 6 nitrogen and oxygen atoms in total. The van der Waals surface area contributed by atoms with Crippen molar-refractivity contribution in [2.75, 3.05) is 32.8 Å². The van der Waals surface area contributed by atoms with Gasteiger partial charge in [-0.1, -0.05) is 23.2 Å². The number of ether oxygens (including phenoxy) is 2. The summed E-state index contributed by atoms with van der Waals surface area (Å²) in [6, 6.07) is 1.55. The largest absolute Gasteiger partial charge is 0.475 e. The monoisotopic (exact) mass is 319 g/mol. The zero-order valence-corrected chi connectivity index (χ0v) is 12.2. The lowest BCUT2D eigenvalue weighted by molar-refractivity contribution is -0.134. The fourth-order valence-electron chi connectivity index (χ4n) is 1.68. The Morgan fingerprint density at radius 1 is 1.60 bits per heavy atom. The number of halogens is 2. The van der Waals surface area contributed by atoms with Crippen LogP contribution in [0.1, 0.15) is 0 Å². The molecule has 0 bridgehead atoms. The van der Waals surface area contributed by atoms with E-state index >= 15 is 0 Å². The second-order valence-corrected chi connectivity index (χ2v) is 4.99. The Labute approximate surface area is 126 Å². The van der Waals surface area contributed by atoms with Gasteiger partial charge in [-0.05, 0) is 6.07 Å². The van der Waals surface area contributed by atoms with Crippen molar-refractivity contribution in [2.24, 2.45) is 0 Å². The van der Waals surface area contributed by atoms with Crippen LogP contribution in [0.5, 0.6) is 5.88 Å². The number of nitrogens with one attached hydrogen (secondary N) is 2. The van der Waals surface area contributed by atoms with Crippen molar-refractivity contribution in [1.82, 2.24) is 15.6 Å². The van der Waals surface area contributed by atoms with Crippen LogP contribution >= 0.6 is 23.2 Å². The number of pyridine rings is 1. The van der Waals surface area contributed by atoms with Gasteiger partial charge in [0.15, 0.2) is 0 Å². The Kier molecular flexibility index (Phi) is 5.85. The third-order valence-corrected chi connectivity index (χ3v) is 3.11. The molecule has 1 saturated heterocycles. The maximum Gasteiger partial charge on any atom is 0.250 e. The van der Waals surface area contributed by atoms with Crippen LogP contribution in [0.25, 0.3) is 0 Å². The Balaban J connectivity index is 1.69. The summed E-state index contributed by atoms with van der Waals surface area (Å²) in [6.07, 6.45) is 1.00. The van der Waals surface area contributed by atoms with Crippen LogP contribution in [0.2, 0.25) is 10.0 Å². The van der Waals surface area contributed by atoms with Gasteiger partial charge < -0.3 is 20.1 Å². The number of nitrogens with zero attached hydrogens (tertiary/aromatic N) is 1. The zero-order chi connectivity index (χ0) is 14.4. The van der Waals surface area contributed by atoms with E-state index in [1.54, 1.807) is 6.07 Å². The number of hydrogen-bond donors (Lipinski definition) is 2. The van der Waals surface area contributed by atoms with Crippen LogP contribution in [0, 0.1) is 0 Å². The summed E-state index contributed by atoms with van der Waals surface area (Å²) in [6.45, 7) is 2.45. The minimum absolute atomic E-state index is 0.157. The molecule has 1 aromatic heterocycles. The van der Waals surface area contributed by atoms with Gasteiger partial charge in [-0.2, -0.15) is 0 Å². The van der Waals surface area contributed by atoms with Crippen LogP contribution in [-0.2, 0) is 9.53 Å². The van der Waals surface area contributed by atoms with Crippen molar-refractivity contribution in [2.45, 2.75) is 6.10 Å². The van der Waals surface area contributed by atoms with Crippen molar-refractivity contribution < 1.29 is 14.3 Å². The molecule has 2 rings (SSSR count). The van der Waals surface area contributed by atoms with Crippen LogP contribution in [0.3, 0.4) is 0 Å². The summed E-state index contributed by atoms with van der Waals surface area (Å²) in [5.74, 6) is 0.136. The van der Waals surface area contributed by atoms with Gasteiger partial charge >= 0.3 is 0 Å². The summed E-state index contributed by atoms with van der Waals surface area (Å²) in [5.41, 5.74) is 0. The zero-order valence-electron chi connectivity index (χ0n) is 10.7. The second kappa shape index (κ2) is 7.64. The van der Waals surface area contributed by atoms with Crippen LogP contribution in [0.4, 0.5) is 0 Å². The quantitative estimate of drug-likeness (QED) is 0.788. The highest BCUT2D eigenvalue weighted by molar-refractivity contribution is 6.35. The Bertz CT molecular complexity index is 467. The molecule has 0 saturated carbocycles. The summed E-state index contributed by atoms with van der Waals surface area (Å²) in [4.78, 5) is 15.7. The van der Waals surface area contributed by atoms with E-state index in [1.807, 2.05) is 0 Å². The molecular formula is C12H15Cl2N3O3. The second-order valence-electron chi connectivity index (χ2n) is 4.14. The highest BCUT2D eigenvalue weighted by Gasteiger charge is 2.20. The topological polar surface area (TPSA) is 72.5 Å². The first kappa shape index (κ1) is 15.3. The Morgan fingerprint density at radius 3 is 3.15 bits per heavy atom. The fourth-order valence-corrected chi connectivity index (χ4v) is 2.11. The molecule has 2 heterocycles. The van der Waals surface area contributed by atoms with Gasteiger partial charge in [0.1, 0.15) is 17.7 Å². The van der Waals surface area contributed by atoms with Crippen molar-refractivity contribution >= 4 is 29.1 Å². The number of hydrogen-bond acceptors (Lipinski definition) is 5. The van der Waals surface area contributed by atoms with Crippen molar-refractivity contribution in [1.29, 1.82) is 0 Å². The highest BCUT2D eigenvalue weighted by atomic mass is 35.5. The lowest BCUT2D eigenvalue weighted by atomic mass is 10.3. The van der Waals surface area contributed by atoms with Gasteiger partial charge in [-0.15, -0.1) is 0 Å². The lowest BCUT2D eigenvalue weighted by Crippen LogP contribution is -2.48. The number of carbonyl (C=O) groups excluding carboxylic acids is 1. The van der Waals surface area contributed by atoms with Gasteiger partial charge in [0.05, 0.1) is 18.2 Å². The summed E-state index contributed by atoms with van der Waals surface area (Å²) in [7, 11) is 0. The predicted octanol–water partition coefficient (Wildman–Crippen LogP) is 0.872. The van der Waals surface area contributed by atoms with E-state index < -0.39 is 6.10 Å². The van der Waals surface area contributed by atoms with Crippen LogP contribution < -0.4 is 15.4 Å². The predicted molar refractivity (Wildman–Crippen MR) is 75.4 cm³/mol. The lowest BCUT2D eigenvalue weighted by Gasteiger charge is -2.22. The SMILES string of the molecule is O=C(NCCOc1ncc(Cl)cc1Cl)[C@H]1CNCCO1. The first-order chi connectivity index (χ1) is 9.66. The molecule has 0 unspecified atom stereocenters. The molecule has 2 N–H and O–H groups in total. The molecule has 20 heavy (non-hydrogen) atoms. The number of amides is 1. The van der Waals surface area contributed by atoms with E-state index in [-0.39, 0.29) is 12.5 Å². The molecule has 1 fully saturated rings. The van der Waals surface area contributed by atoms with Gasteiger partial charge in [0.25, 0.3) is 5.91 Å². The molecule has 8 heteroatoms. The third kappa shape index (κ3) is 4.49. The van der Waals surface area contributed by atoms with Crippen molar-refractivity contribution in [3.8, 4) is 5.88 Å². The maximum atomic E-state index is 11.7. The number of aromatic nitrogens is 1. The normalized spacial score (nSPS) is 18.6. The fraction of sp³-hybridized carbons (Fsp3) is 0.500. The van der Waals surface area contributed by atoms with Crippen molar-refractivity contribution in [3.05, 3.63) is 22.3 Å². The Hall–Kier alpha value is -1.08. The van der Waals surface area contributed by atoms with E-state index in [9.17, 15) is 4.79 Å². The van der Waals surface area contributed by atoms with Crippen LogP contribution in [-0.4, -0.2) is 49.8 Å². The molecular weight excluding hydrogens is 305 g/mol. The smallest absolute Gasteiger partial charge is 0.250 e. The van der Waals surface area contributed by atoms with E-state index in [0.717, 1.165) is 6.54 Å².